The molecule has 3 aliphatic heterocycles. The molecular formula is C65H74F2O13. The molecule has 0 aromatic heterocycles. The lowest BCUT2D eigenvalue weighted by molar-refractivity contribution is 0.0442. The van der Waals surface area contributed by atoms with Crippen molar-refractivity contribution in [3.8, 4) is 34.5 Å². The first-order valence-corrected chi connectivity index (χ1v) is 26.8. The summed E-state index contributed by atoms with van der Waals surface area (Å²) in [5, 5.41) is 38.0. The summed E-state index contributed by atoms with van der Waals surface area (Å²) in [5.74, 6) is 2.84. The van der Waals surface area contributed by atoms with Gasteiger partial charge in [0, 0.05) is 52.6 Å². The van der Waals surface area contributed by atoms with Crippen molar-refractivity contribution in [1.29, 1.82) is 0 Å². The van der Waals surface area contributed by atoms with Crippen LogP contribution in [0.4, 0.5) is 8.78 Å². The first-order chi connectivity index (χ1) is 37.9. The highest BCUT2D eigenvalue weighted by atomic mass is 18.2. The quantitative estimate of drug-likeness (QED) is 0.0671. The molecule has 2 unspecified atom stereocenters. The number of fused-ring (bicyclic) bond motifs is 3. The number of hydrogen-bond acceptors (Lipinski definition) is 13. The number of ketones is 3. The smallest absolute Gasteiger partial charge is 0.201 e. The minimum Gasteiger partial charge on any atom is -0.496 e. The summed E-state index contributed by atoms with van der Waals surface area (Å²) in [4.78, 5) is 38.1. The highest BCUT2D eigenvalue weighted by Crippen LogP contribution is 2.43. The third-order valence-electron chi connectivity index (χ3n) is 14.7. The molecule has 6 aromatic rings. The molecule has 15 heteroatoms. The molecule has 4 N–H and O–H groups in total. The fourth-order valence-electron chi connectivity index (χ4n) is 10.2. The number of carbonyl (C=O) groups is 3. The van der Waals surface area contributed by atoms with E-state index in [4.69, 9.17) is 28.4 Å². The number of hydrogen-bond donors (Lipinski definition) is 4. The first-order valence-electron chi connectivity index (χ1n) is 26.8. The fraction of sp³-hybridized carbons (Fsp3) is 0.400. The molecular weight excluding hydrogens is 1020 g/mol. The van der Waals surface area contributed by atoms with Crippen LogP contribution in [0.1, 0.15) is 165 Å². The standard InChI is InChI=1S/2C22H25FO5.C21H24O3/c1-22(2)10-18(23)16-9-14(4-5-20(16)28-22)19(26)7-13-6-15(11-24)17(12-25)21(8-13)27-3;1-22(2)7-6-13-8-14(4-5-18(13)28-22)21(26)20(23)15-9-16(11-24)17(12-25)19(10-15)27-3;1-14-5-6-15(12-20(14)23-4)11-18(22)16-7-8-19-17(13-16)9-10-21(2,3)24-19/h4-6,8-9,18,24-25H,7,10-12H2,1-3H3;4-5,8-10,20,24-25H,6-7,11-12H2,1-3H3;5-8,12-13H,9-11H2,1-4H3/i2*23-1;. The number of alkyl halides is 2. The van der Waals surface area contributed by atoms with Gasteiger partial charge in [0.05, 0.1) is 47.8 Å². The molecule has 6 aromatic carbocycles. The Balaban J connectivity index is 0.000000174. The van der Waals surface area contributed by atoms with Crippen molar-refractivity contribution in [3.63, 3.8) is 0 Å². The van der Waals surface area contributed by atoms with Crippen LogP contribution in [-0.2, 0) is 52.1 Å². The van der Waals surface area contributed by atoms with Crippen LogP contribution in [0.15, 0.2) is 97.1 Å². The van der Waals surface area contributed by atoms with E-state index in [1.54, 1.807) is 55.6 Å². The molecule has 0 bridgehead atoms. The number of halogens is 2. The third kappa shape index (κ3) is 14.4. The molecule has 0 radical (unpaired) electrons. The van der Waals surface area contributed by atoms with Gasteiger partial charge in [-0.1, -0.05) is 18.2 Å². The molecule has 0 spiro atoms. The second kappa shape index (κ2) is 25.5. The Hall–Kier alpha value is -7.17. The monoisotopic (exact) mass is 1100 g/mol. The van der Waals surface area contributed by atoms with E-state index >= 15 is 4.39 Å². The predicted molar refractivity (Wildman–Crippen MR) is 300 cm³/mol. The maximum atomic E-state index is 15.1. The molecule has 0 amide bonds. The molecule has 9 rings (SSSR count). The number of methoxy groups -OCH3 is 3. The second-order valence-corrected chi connectivity index (χ2v) is 22.3. The van der Waals surface area contributed by atoms with Crippen molar-refractivity contribution in [2.45, 2.75) is 149 Å². The van der Waals surface area contributed by atoms with Gasteiger partial charge in [-0.15, -0.1) is 0 Å². The number of aliphatic hydroxyl groups excluding tert-OH is 4. The van der Waals surface area contributed by atoms with Crippen molar-refractivity contribution in [1.82, 2.24) is 0 Å². The molecule has 0 saturated heterocycles. The minimum absolute atomic E-state index is 0.0666. The summed E-state index contributed by atoms with van der Waals surface area (Å²) < 4.78 is 63.1. The van der Waals surface area contributed by atoms with Gasteiger partial charge in [0.15, 0.2) is 17.7 Å². The van der Waals surface area contributed by atoms with E-state index < -0.39 is 30.3 Å². The summed E-state index contributed by atoms with van der Waals surface area (Å²) in [6.45, 7) is 12.6. The van der Waals surface area contributed by atoms with Gasteiger partial charge in [0.2, 0.25) is 5.78 Å². The third-order valence-corrected chi connectivity index (χ3v) is 14.7. The average Bonchev–Trinajstić information content (AvgIpc) is 3.46. The number of aryl methyl sites for hydroxylation is 3. The summed E-state index contributed by atoms with van der Waals surface area (Å²) in [5.41, 5.74) is 7.35. The Kier molecular flexibility index (Phi) is 19.3. The van der Waals surface area contributed by atoms with E-state index in [9.17, 15) is 39.2 Å². The van der Waals surface area contributed by atoms with Crippen molar-refractivity contribution in [3.05, 3.63) is 175 Å². The normalized spacial score (nSPS) is 16.4. The SMILES string of the molecule is COc1cc(C([18F])C(=O)c2ccc3c(c2)CCC(C)(C)O3)cc(CO)c1CO.COc1cc(CC(=O)c2ccc3c(c2)C([18F])CC(C)(C)O3)cc(CO)c1CO.COc1cc(CC(=O)c2ccc3c(c2)CCC(C)(C)O3)ccc1C. The molecule has 0 aliphatic carbocycles. The zero-order valence-electron chi connectivity index (χ0n) is 47.4. The topological polar surface area (TPSA) is 188 Å². The predicted octanol–water partition coefficient (Wildman–Crippen LogP) is 11.9. The lowest BCUT2D eigenvalue weighted by atomic mass is 9.90. The molecule has 0 saturated carbocycles. The van der Waals surface area contributed by atoms with Crippen molar-refractivity contribution in [2.24, 2.45) is 0 Å². The van der Waals surface area contributed by atoms with E-state index in [-0.39, 0.29) is 72.3 Å². The van der Waals surface area contributed by atoms with E-state index in [1.807, 2.05) is 71.0 Å². The van der Waals surface area contributed by atoms with Gasteiger partial charge >= 0.3 is 0 Å². The minimum atomic E-state index is -1.91. The Labute approximate surface area is 467 Å². The van der Waals surface area contributed by atoms with Gasteiger partial charge in [-0.2, -0.15) is 0 Å². The van der Waals surface area contributed by atoms with Gasteiger partial charge < -0.3 is 48.8 Å². The van der Waals surface area contributed by atoms with Crippen molar-refractivity contribution in [2.75, 3.05) is 21.3 Å². The molecule has 426 valence electrons. The number of carbonyl (C=O) groups excluding carboxylic acids is 3. The van der Waals surface area contributed by atoms with E-state index in [2.05, 4.69) is 13.8 Å². The van der Waals surface area contributed by atoms with Crippen molar-refractivity contribution < 1.29 is 72.0 Å². The second-order valence-electron chi connectivity index (χ2n) is 22.3. The van der Waals surface area contributed by atoms with Gasteiger partial charge in [-0.3, -0.25) is 14.4 Å². The Morgan fingerprint density at radius 3 is 1.59 bits per heavy atom. The van der Waals surface area contributed by atoms with Gasteiger partial charge in [0.25, 0.3) is 0 Å². The summed E-state index contributed by atoms with van der Waals surface area (Å²) in [6, 6.07) is 27.6. The van der Waals surface area contributed by atoms with Crippen LogP contribution in [0.25, 0.3) is 0 Å². The fourth-order valence-corrected chi connectivity index (χ4v) is 10.2. The molecule has 0 fully saturated rings. The zero-order chi connectivity index (χ0) is 58.3. The molecule has 13 nitrogen and oxygen atoms in total. The van der Waals surface area contributed by atoms with Gasteiger partial charge in [-0.25, -0.2) is 8.78 Å². The molecule has 2 atom stereocenters. The van der Waals surface area contributed by atoms with Crippen LogP contribution < -0.4 is 28.4 Å². The highest BCUT2D eigenvalue weighted by Gasteiger charge is 2.35. The van der Waals surface area contributed by atoms with Crippen LogP contribution in [0, 0.1) is 6.92 Å². The van der Waals surface area contributed by atoms with Crippen LogP contribution in [0.3, 0.4) is 0 Å². The Morgan fingerprint density at radius 2 is 1.04 bits per heavy atom. The maximum Gasteiger partial charge on any atom is 0.201 e. The molecule has 3 aliphatic rings. The number of rotatable bonds is 16. The van der Waals surface area contributed by atoms with E-state index in [0.717, 1.165) is 70.7 Å². The lowest BCUT2D eigenvalue weighted by Gasteiger charge is -2.34. The Bertz CT molecular complexity index is 3180. The van der Waals surface area contributed by atoms with Crippen LogP contribution >= 0.6 is 0 Å². The average molecular weight is 1100 g/mol. The lowest BCUT2D eigenvalue weighted by Crippen LogP contribution is -2.33. The largest absolute Gasteiger partial charge is 0.496 e. The van der Waals surface area contributed by atoms with E-state index in [0.29, 0.717) is 56.9 Å². The maximum absolute atomic E-state index is 15.1. The van der Waals surface area contributed by atoms with Gasteiger partial charge in [0.1, 0.15) is 57.5 Å². The zero-order valence-corrected chi connectivity index (χ0v) is 47.4. The Morgan fingerprint density at radius 1 is 0.562 bits per heavy atom. The van der Waals surface area contributed by atoms with Crippen LogP contribution in [0.5, 0.6) is 34.5 Å². The number of aliphatic hydroxyl groups is 4. The summed E-state index contributed by atoms with van der Waals surface area (Å²) in [6.07, 6.45) is 1.07. The summed E-state index contributed by atoms with van der Waals surface area (Å²) in [7, 11) is 4.51. The molecule has 80 heavy (non-hydrogen) atoms. The van der Waals surface area contributed by atoms with Crippen LogP contribution in [0.2, 0.25) is 0 Å². The van der Waals surface area contributed by atoms with Gasteiger partial charge in [-0.05, 0) is 198 Å². The number of benzene rings is 6. The highest BCUT2D eigenvalue weighted by molar-refractivity contribution is 6.00. The van der Waals surface area contributed by atoms with Crippen molar-refractivity contribution >= 4 is 17.3 Å². The summed E-state index contributed by atoms with van der Waals surface area (Å²) >= 11 is 0. The van der Waals surface area contributed by atoms with Crippen LogP contribution in [-0.4, -0.2) is 75.9 Å². The number of ether oxygens (including phenoxy) is 6. The van der Waals surface area contributed by atoms with E-state index in [1.165, 1.54) is 26.4 Å². The first kappa shape index (κ1) is 60.5. The number of Topliss-reactive ketones (excluding diaryl/α,β-unsaturated/α-hetero) is 3. The molecule has 3 heterocycles.